The first-order valence-corrected chi connectivity index (χ1v) is 6.33. The normalized spacial score (nSPS) is 26.6. The molecule has 2 rings (SSSR count). The first-order valence-electron chi connectivity index (χ1n) is 5.51. The van der Waals surface area contributed by atoms with Crippen molar-refractivity contribution in [3.05, 3.63) is 10.6 Å². The average molecular weight is 226 g/mol. The van der Waals surface area contributed by atoms with Crippen LogP contribution in [0.3, 0.4) is 0 Å². The lowest BCUT2D eigenvalue weighted by molar-refractivity contribution is 0.144. The number of hydrogen-bond donors (Lipinski definition) is 1. The van der Waals surface area contributed by atoms with Crippen molar-refractivity contribution in [2.24, 2.45) is 5.73 Å². The lowest BCUT2D eigenvalue weighted by atomic mass is 9.94. The van der Waals surface area contributed by atoms with Gasteiger partial charge in [0.25, 0.3) is 5.19 Å². The highest BCUT2D eigenvalue weighted by Gasteiger charge is 2.21. The zero-order valence-corrected chi connectivity index (χ0v) is 10.1. The molecule has 0 aromatic carbocycles. The summed E-state index contributed by atoms with van der Waals surface area (Å²) in [7, 11) is 0. The van der Waals surface area contributed by atoms with Crippen LogP contribution in [0.4, 0.5) is 0 Å². The third kappa shape index (κ3) is 2.69. The molecule has 1 aliphatic rings. The van der Waals surface area contributed by atoms with Crippen LogP contribution in [-0.2, 0) is 0 Å². The Morgan fingerprint density at radius 1 is 1.40 bits per heavy atom. The Kier molecular flexibility index (Phi) is 3.26. The number of nitrogens with zero attached hydrogens (tertiary/aromatic N) is 1. The molecule has 1 fully saturated rings. The molecule has 1 aliphatic carbocycles. The molecule has 2 N–H and O–H groups in total. The number of rotatable bonds is 2. The molecule has 1 heterocycles. The van der Waals surface area contributed by atoms with Crippen molar-refractivity contribution in [2.75, 3.05) is 0 Å². The van der Waals surface area contributed by atoms with Gasteiger partial charge in [-0.1, -0.05) is 11.3 Å². The first kappa shape index (κ1) is 10.9. The van der Waals surface area contributed by atoms with Crippen molar-refractivity contribution in [3.63, 3.8) is 0 Å². The highest BCUT2D eigenvalue weighted by Crippen LogP contribution is 2.28. The maximum atomic E-state index is 5.92. The SMILES string of the molecule is Cc1nc(OC2CCCC(N)C2)sc1C. The summed E-state index contributed by atoms with van der Waals surface area (Å²) in [6.07, 6.45) is 4.67. The monoisotopic (exact) mass is 226 g/mol. The molecule has 0 bridgehead atoms. The van der Waals surface area contributed by atoms with Gasteiger partial charge in [-0.25, -0.2) is 4.98 Å². The van der Waals surface area contributed by atoms with Crippen LogP contribution in [0.1, 0.15) is 36.3 Å². The Bertz CT molecular complexity index is 318. The Hall–Kier alpha value is -0.610. The van der Waals surface area contributed by atoms with Crippen molar-refractivity contribution >= 4 is 11.3 Å². The highest BCUT2D eigenvalue weighted by atomic mass is 32.1. The maximum Gasteiger partial charge on any atom is 0.273 e. The van der Waals surface area contributed by atoms with Crippen LogP contribution in [-0.4, -0.2) is 17.1 Å². The van der Waals surface area contributed by atoms with Crippen molar-refractivity contribution in [2.45, 2.75) is 51.7 Å². The second-order valence-corrected chi connectivity index (χ2v) is 5.45. The third-order valence-electron chi connectivity index (χ3n) is 2.94. The largest absolute Gasteiger partial charge is 0.467 e. The summed E-state index contributed by atoms with van der Waals surface area (Å²) in [6.45, 7) is 4.10. The van der Waals surface area contributed by atoms with Gasteiger partial charge < -0.3 is 10.5 Å². The lowest BCUT2D eigenvalue weighted by Gasteiger charge is -2.26. The fourth-order valence-corrected chi connectivity index (χ4v) is 2.75. The molecule has 0 amide bonds. The number of hydrogen-bond acceptors (Lipinski definition) is 4. The molecule has 0 saturated heterocycles. The summed E-state index contributed by atoms with van der Waals surface area (Å²) in [5.74, 6) is 0. The van der Waals surface area contributed by atoms with Crippen LogP contribution in [0.15, 0.2) is 0 Å². The molecule has 1 aromatic heterocycles. The number of aryl methyl sites for hydroxylation is 2. The van der Waals surface area contributed by atoms with E-state index in [1.807, 2.05) is 6.92 Å². The first-order chi connectivity index (χ1) is 7.15. The molecule has 0 radical (unpaired) electrons. The predicted molar refractivity (Wildman–Crippen MR) is 62.4 cm³/mol. The minimum atomic E-state index is 0.277. The Balaban J connectivity index is 1.96. The summed E-state index contributed by atoms with van der Waals surface area (Å²) in [5, 5.41) is 0.809. The number of nitrogens with two attached hydrogens (primary N) is 1. The van der Waals surface area contributed by atoms with Crippen LogP contribution >= 0.6 is 11.3 Å². The maximum absolute atomic E-state index is 5.92. The predicted octanol–water partition coefficient (Wildman–Crippen LogP) is 2.41. The van der Waals surface area contributed by atoms with E-state index in [2.05, 4.69) is 11.9 Å². The van der Waals surface area contributed by atoms with Gasteiger partial charge in [0, 0.05) is 10.9 Å². The zero-order valence-electron chi connectivity index (χ0n) is 9.32. The highest BCUT2D eigenvalue weighted by molar-refractivity contribution is 7.13. The Morgan fingerprint density at radius 3 is 2.80 bits per heavy atom. The van der Waals surface area contributed by atoms with Gasteiger partial charge in [-0.2, -0.15) is 0 Å². The minimum absolute atomic E-state index is 0.277. The summed E-state index contributed by atoms with van der Waals surface area (Å²) in [5.41, 5.74) is 7.00. The molecule has 2 atom stereocenters. The number of thiazole rings is 1. The summed E-state index contributed by atoms with van der Waals surface area (Å²) < 4.78 is 5.85. The molecule has 1 aromatic rings. The van der Waals surface area contributed by atoms with Crippen LogP contribution in [0.5, 0.6) is 5.19 Å². The zero-order chi connectivity index (χ0) is 10.8. The van der Waals surface area contributed by atoms with Gasteiger partial charge >= 0.3 is 0 Å². The van der Waals surface area contributed by atoms with Crippen LogP contribution < -0.4 is 10.5 Å². The summed E-state index contributed by atoms with van der Waals surface area (Å²) >= 11 is 1.64. The fraction of sp³-hybridized carbons (Fsp3) is 0.727. The standard InChI is InChI=1S/C11H18N2OS/c1-7-8(2)15-11(13-7)14-10-5-3-4-9(12)6-10/h9-10H,3-6,12H2,1-2H3. The fourth-order valence-electron chi connectivity index (χ4n) is 1.92. The topological polar surface area (TPSA) is 48.1 Å². The number of aromatic nitrogens is 1. The second kappa shape index (κ2) is 4.49. The third-order valence-corrected chi connectivity index (χ3v) is 3.91. The van der Waals surface area contributed by atoms with E-state index in [4.69, 9.17) is 10.5 Å². The number of ether oxygens (including phenoxy) is 1. The van der Waals surface area contributed by atoms with Crippen molar-refractivity contribution in [1.29, 1.82) is 0 Å². The molecule has 3 nitrogen and oxygen atoms in total. The van der Waals surface area contributed by atoms with E-state index in [1.54, 1.807) is 11.3 Å². The van der Waals surface area contributed by atoms with E-state index in [9.17, 15) is 0 Å². The molecule has 4 heteroatoms. The molecule has 15 heavy (non-hydrogen) atoms. The van der Waals surface area contributed by atoms with E-state index in [0.717, 1.165) is 30.2 Å². The van der Waals surface area contributed by atoms with Gasteiger partial charge in [-0.15, -0.1) is 0 Å². The molecule has 2 unspecified atom stereocenters. The van der Waals surface area contributed by atoms with Crippen LogP contribution in [0, 0.1) is 13.8 Å². The van der Waals surface area contributed by atoms with E-state index >= 15 is 0 Å². The van der Waals surface area contributed by atoms with Crippen LogP contribution in [0.25, 0.3) is 0 Å². The quantitative estimate of drug-likeness (QED) is 0.842. The molecule has 1 saturated carbocycles. The summed E-state index contributed by atoms with van der Waals surface area (Å²) in [4.78, 5) is 5.63. The van der Waals surface area contributed by atoms with Gasteiger partial charge in [-0.3, -0.25) is 0 Å². The molecule has 0 spiro atoms. The molecular weight excluding hydrogens is 208 g/mol. The van der Waals surface area contributed by atoms with E-state index in [0.29, 0.717) is 6.04 Å². The molecule has 84 valence electrons. The van der Waals surface area contributed by atoms with E-state index < -0.39 is 0 Å². The van der Waals surface area contributed by atoms with Crippen molar-refractivity contribution < 1.29 is 4.74 Å². The summed E-state index contributed by atoms with van der Waals surface area (Å²) in [6, 6.07) is 0.311. The molecular formula is C11H18N2OS. The van der Waals surface area contributed by atoms with Crippen molar-refractivity contribution in [3.8, 4) is 5.19 Å². The lowest BCUT2D eigenvalue weighted by Crippen LogP contribution is -2.33. The van der Waals surface area contributed by atoms with Gasteiger partial charge in [0.15, 0.2) is 0 Å². The Labute approximate surface area is 94.7 Å². The second-order valence-electron chi connectivity index (χ2n) is 4.29. The van der Waals surface area contributed by atoms with E-state index in [-0.39, 0.29) is 6.10 Å². The molecule has 0 aliphatic heterocycles. The smallest absolute Gasteiger partial charge is 0.273 e. The average Bonchev–Trinajstić information content (AvgIpc) is 2.45. The van der Waals surface area contributed by atoms with Gasteiger partial charge in [0.2, 0.25) is 0 Å². The van der Waals surface area contributed by atoms with Crippen molar-refractivity contribution in [1.82, 2.24) is 4.98 Å². The Morgan fingerprint density at radius 2 is 2.20 bits per heavy atom. The van der Waals surface area contributed by atoms with Gasteiger partial charge in [0.05, 0.1) is 5.69 Å². The van der Waals surface area contributed by atoms with E-state index in [1.165, 1.54) is 11.3 Å². The minimum Gasteiger partial charge on any atom is -0.467 e. The van der Waals surface area contributed by atoms with Gasteiger partial charge in [0.1, 0.15) is 6.10 Å². The van der Waals surface area contributed by atoms with Crippen LogP contribution in [0.2, 0.25) is 0 Å². The van der Waals surface area contributed by atoms with Gasteiger partial charge in [-0.05, 0) is 39.5 Å².